The lowest BCUT2D eigenvalue weighted by atomic mass is 10.1. The third-order valence-corrected chi connectivity index (χ3v) is 3.34. The molecule has 1 aromatic carbocycles. The maximum Gasteiger partial charge on any atom is 0.228 e. The van der Waals surface area contributed by atoms with E-state index in [1.165, 1.54) is 0 Å². The van der Waals surface area contributed by atoms with Gasteiger partial charge in [-0.2, -0.15) is 0 Å². The molecular formula is C17H21N3O3. The van der Waals surface area contributed by atoms with E-state index in [1.54, 1.807) is 32.5 Å². The second kappa shape index (κ2) is 7.49. The molecule has 0 aliphatic carbocycles. The van der Waals surface area contributed by atoms with E-state index in [0.717, 1.165) is 11.4 Å². The molecule has 0 aliphatic rings. The van der Waals surface area contributed by atoms with Crippen LogP contribution in [0.4, 0.5) is 11.5 Å². The molecule has 0 radical (unpaired) electrons. The SMILES string of the molecule is COc1ccc(CC(=O)Nc2ccc(N(C)C)nc2)c(OC)c1. The number of amides is 1. The number of methoxy groups -OCH3 is 2. The third kappa shape index (κ3) is 4.35. The summed E-state index contributed by atoms with van der Waals surface area (Å²) in [5.41, 5.74) is 1.46. The van der Waals surface area contributed by atoms with Gasteiger partial charge in [0.2, 0.25) is 5.91 Å². The second-order valence-electron chi connectivity index (χ2n) is 5.20. The molecule has 122 valence electrons. The number of aromatic nitrogens is 1. The first-order chi connectivity index (χ1) is 11.0. The van der Waals surface area contributed by atoms with Crippen molar-refractivity contribution in [2.45, 2.75) is 6.42 Å². The zero-order valence-electron chi connectivity index (χ0n) is 13.8. The van der Waals surface area contributed by atoms with Crippen molar-refractivity contribution in [1.29, 1.82) is 0 Å². The Morgan fingerprint density at radius 2 is 1.96 bits per heavy atom. The fourth-order valence-corrected chi connectivity index (χ4v) is 2.10. The fraction of sp³-hybridized carbons (Fsp3) is 0.294. The van der Waals surface area contributed by atoms with Crippen molar-refractivity contribution >= 4 is 17.4 Å². The van der Waals surface area contributed by atoms with E-state index in [2.05, 4.69) is 10.3 Å². The van der Waals surface area contributed by atoms with Gasteiger partial charge in [-0.05, 0) is 18.2 Å². The van der Waals surface area contributed by atoms with Crippen LogP contribution in [-0.2, 0) is 11.2 Å². The number of ether oxygens (including phenoxy) is 2. The van der Waals surface area contributed by atoms with Crippen molar-refractivity contribution < 1.29 is 14.3 Å². The van der Waals surface area contributed by atoms with E-state index in [1.807, 2.05) is 37.2 Å². The molecule has 6 heteroatoms. The number of hydrogen-bond acceptors (Lipinski definition) is 5. The number of carbonyl (C=O) groups is 1. The minimum atomic E-state index is -0.132. The Labute approximate surface area is 136 Å². The van der Waals surface area contributed by atoms with Crippen LogP contribution in [0.25, 0.3) is 0 Å². The van der Waals surface area contributed by atoms with Crippen LogP contribution in [0, 0.1) is 0 Å². The lowest BCUT2D eigenvalue weighted by Crippen LogP contribution is -2.16. The van der Waals surface area contributed by atoms with Gasteiger partial charge in [0.1, 0.15) is 17.3 Å². The summed E-state index contributed by atoms with van der Waals surface area (Å²) < 4.78 is 10.5. The maximum absolute atomic E-state index is 12.2. The molecule has 23 heavy (non-hydrogen) atoms. The standard InChI is InChI=1S/C17H21N3O3/c1-20(2)16-8-6-13(11-18-16)19-17(21)9-12-5-7-14(22-3)10-15(12)23-4/h5-8,10-11H,9H2,1-4H3,(H,19,21). The zero-order chi connectivity index (χ0) is 16.8. The normalized spacial score (nSPS) is 10.1. The van der Waals surface area contributed by atoms with E-state index in [9.17, 15) is 4.79 Å². The molecule has 2 rings (SSSR count). The first-order valence-electron chi connectivity index (χ1n) is 7.17. The number of carbonyl (C=O) groups excluding carboxylic acids is 1. The minimum absolute atomic E-state index is 0.132. The number of nitrogens with one attached hydrogen (secondary N) is 1. The first-order valence-corrected chi connectivity index (χ1v) is 7.17. The van der Waals surface area contributed by atoms with Crippen molar-refractivity contribution in [1.82, 2.24) is 4.98 Å². The van der Waals surface area contributed by atoms with Gasteiger partial charge in [-0.15, -0.1) is 0 Å². The maximum atomic E-state index is 12.2. The smallest absolute Gasteiger partial charge is 0.228 e. The Bertz CT molecular complexity index is 669. The largest absolute Gasteiger partial charge is 0.497 e. The van der Waals surface area contributed by atoms with Gasteiger partial charge in [-0.25, -0.2) is 4.98 Å². The van der Waals surface area contributed by atoms with Crippen LogP contribution < -0.4 is 19.7 Å². The van der Waals surface area contributed by atoms with Crippen LogP contribution in [0.1, 0.15) is 5.56 Å². The molecule has 1 heterocycles. The molecule has 0 aliphatic heterocycles. The topological polar surface area (TPSA) is 63.7 Å². The number of nitrogens with zero attached hydrogens (tertiary/aromatic N) is 2. The molecule has 1 aromatic heterocycles. The molecule has 0 fully saturated rings. The summed E-state index contributed by atoms with van der Waals surface area (Å²) in [6.45, 7) is 0. The van der Waals surface area contributed by atoms with E-state index >= 15 is 0 Å². The van der Waals surface area contributed by atoms with E-state index in [0.29, 0.717) is 17.2 Å². The van der Waals surface area contributed by atoms with Gasteiger partial charge in [-0.1, -0.05) is 6.07 Å². The van der Waals surface area contributed by atoms with Gasteiger partial charge in [0.05, 0.1) is 32.5 Å². The molecule has 0 spiro atoms. The summed E-state index contributed by atoms with van der Waals surface area (Å²) >= 11 is 0. The summed E-state index contributed by atoms with van der Waals surface area (Å²) in [7, 11) is 6.98. The van der Waals surface area contributed by atoms with Gasteiger partial charge < -0.3 is 19.7 Å². The van der Waals surface area contributed by atoms with Crippen molar-refractivity contribution in [2.24, 2.45) is 0 Å². The molecule has 6 nitrogen and oxygen atoms in total. The van der Waals surface area contributed by atoms with E-state index in [4.69, 9.17) is 9.47 Å². The van der Waals surface area contributed by atoms with Gasteiger partial charge >= 0.3 is 0 Å². The molecule has 1 N–H and O–H groups in total. The third-order valence-electron chi connectivity index (χ3n) is 3.34. The molecule has 0 saturated carbocycles. The van der Waals surface area contributed by atoms with Crippen LogP contribution in [0.5, 0.6) is 11.5 Å². The highest BCUT2D eigenvalue weighted by Crippen LogP contribution is 2.25. The highest BCUT2D eigenvalue weighted by atomic mass is 16.5. The predicted octanol–water partition coefficient (Wildman–Crippen LogP) is 2.35. The number of benzene rings is 1. The van der Waals surface area contributed by atoms with Gasteiger partial charge in [0.15, 0.2) is 0 Å². The summed E-state index contributed by atoms with van der Waals surface area (Å²) in [5, 5.41) is 2.83. The Morgan fingerprint density at radius 1 is 1.17 bits per heavy atom. The Kier molecular flexibility index (Phi) is 5.41. The average molecular weight is 315 g/mol. The van der Waals surface area contributed by atoms with Crippen LogP contribution in [0.15, 0.2) is 36.5 Å². The number of anilines is 2. The quantitative estimate of drug-likeness (QED) is 0.886. The Morgan fingerprint density at radius 3 is 2.52 bits per heavy atom. The van der Waals surface area contributed by atoms with Crippen LogP contribution >= 0.6 is 0 Å². The number of rotatable bonds is 6. The second-order valence-corrected chi connectivity index (χ2v) is 5.20. The number of pyridine rings is 1. The summed E-state index contributed by atoms with van der Waals surface area (Å²) in [5.74, 6) is 2.02. The zero-order valence-corrected chi connectivity index (χ0v) is 13.8. The molecule has 0 saturated heterocycles. The fourth-order valence-electron chi connectivity index (χ4n) is 2.10. The summed E-state index contributed by atoms with van der Waals surface area (Å²) in [4.78, 5) is 18.3. The van der Waals surface area contributed by atoms with E-state index in [-0.39, 0.29) is 12.3 Å². The molecular weight excluding hydrogens is 294 g/mol. The van der Waals surface area contributed by atoms with Crippen LogP contribution in [-0.4, -0.2) is 39.2 Å². The van der Waals surface area contributed by atoms with Gasteiger partial charge in [0.25, 0.3) is 0 Å². The van der Waals surface area contributed by atoms with Crippen molar-refractivity contribution in [3.05, 3.63) is 42.1 Å². The molecule has 0 unspecified atom stereocenters. The van der Waals surface area contributed by atoms with Crippen molar-refractivity contribution in [2.75, 3.05) is 38.5 Å². The van der Waals surface area contributed by atoms with Crippen molar-refractivity contribution in [3.63, 3.8) is 0 Å². The van der Waals surface area contributed by atoms with Gasteiger partial charge in [-0.3, -0.25) is 4.79 Å². The Balaban J connectivity index is 2.04. The van der Waals surface area contributed by atoms with E-state index < -0.39 is 0 Å². The summed E-state index contributed by atoms with van der Waals surface area (Å²) in [6, 6.07) is 9.06. The van der Waals surface area contributed by atoms with Crippen LogP contribution in [0.3, 0.4) is 0 Å². The Hall–Kier alpha value is -2.76. The summed E-state index contributed by atoms with van der Waals surface area (Å²) in [6.07, 6.45) is 1.85. The number of hydrogen-bond donors (Lipinski definition) is 1. The highest BCUT2D eigenvalue weighted by molar-refractivity contribution is 5.92. The molecule has 1 amide bonds. The van der Waals surface area contributed by atoms with Gasteiger partial charge in [0, 0.05) is 25.7 Å². The molecule has 0 atom stereocenters. The highest BCUT2D eigenvalue weighted by Gasteiger charge is 2.10. The lowest BCUT2D eigenvalue weighted by molar-refractivity contribution is -0.115. The lowest BCUT2D eigenvalue weighted by Gasteiger charge is -2.12. The molecule has 2 aromatic rings. The van der Waals surface area contributed by atoms with Crippen molar-refractivity contribution in [3.8, 4) is 11.5 Å². The average Bonchev–Trinajstić information content (AvgIpc) is 2.55. The molecule has 0 bridgehead atoms. The minimum Gasteiger partial charge on any atom is -0.497 e. The monoisotopic (exact) mass is 315 g/mol. The predicted molar refractivity (Wildman–Crippen MR) is 90.4 cm³/mol. The van der Waals surface area contributed by atoms with Crippen LogP contribution in [0.2, 0.25) is 0 Å². The first kappa shape index (κ1) is 16.6.